The maximum absolute atomic E-state index is 13.8. The van der Waals surface area contributed by atoms with Crippen LogP contribution in [0.4, 0.5) is 15.8 Å². The lowest BCUT2D eigenvalue weighted by Gasteiger charge is -2.22. The Labute approximate surface area is 162 Å². The summed E-state index contributed by atoms with van der Waals surface area (Å²) in [6.45, 7) is -0.564. The predicted octanol–water partition coefficient (Wildman–Crippen LogP) is 4.30. The zero-order valence-electron chi connectivity index (χ0n) is 12.8. The van der Waals surface area contributed by atoms with Crippen LogP contribution in [0.5, 0.6) is 0 Å². The van der Waals surface area contributed by atoms with Crippen LogP contribution in [0, 0.1) is 5.82 Å². The van der Waals surface area contributed by atoms with Crippen molar-refractivity contribution in [2.45, 2.75) is 0 Å². The number of sulfonamides is 1. The summed E-state index contributed by atoms with van der Waals surface area (Å²) in [5.74, 6) is -1.37. The second-order valence-electron chi connectivity index (χ2n) is 5.07. The van der Waals surface area contributed by atoms with Gasteiger partial charge in [-0.1, -0.05) is 39.1 Å². The predicted molar refractivity (Wildman–Crippen MR) is 101 cm³/mol. The molecule has 1 amide bonds. The molecule has 2 rings (SSSR count). The number of halogens is 4. The van der Waals surface area contributed by atoms with Crippen molar-refractivity contribution in [3.63, 3.8) is 0 Å². The number of nitrogens with zero attached hydrogens (tertiary/aromatic N) is 1. The molecular weight excluding hydrogens is 458 g/mol. The topological polar surface area (TPSA) is 66.5 Å². The molecule has 0 spiro atoms. The van der Waals surface area contributed by atoms with Crippen LogP contribution < -0.4 is 9.62 Å². The second-order valence-corrected chi connectivity index (χ2v) is 8.76. The van der Waals surface area contributed by atoms with E-state index in [1.807, 2.05) is 0 Å². The minimum Gasteiger partial charge on any atom is -0.322 e. The molecule has 0 bridgehead atoms. The summed E-state index contributed by atoms with van der Waals surface area (Å²) >= 11 is 14.9. The molecule has 2 aromatic rings. The quantitative estimate of drug-likeness (QED) is 0.709. The fourth-order valence-corrected chi connectivity index (χ4v) is 3.68. The third-order valence-corrected chi connectivity index (χ3v) is 5.10. The molecule has 134 valence electrons. The molecule has 0 atom stereocenters. The lowest BCUT2D eigenvalue weighted by molar-refractivity contribution is -0.114. The fraction of sp³-hybridized carbons (Fsp3) is 0.133. The first-order valence-corrected chi connectivity index (χ1v) is 10.1. The monoisotopic (exact) mass is 468 g/mol. The maximum atomic E-state index is 13.8. The van der Waals surface area contributed by atoms with Crippen molar-refractivity contribution in [3.05, 3.63) is 56.7 Å². The van der Waals surface area contributed by atoms with Gasteiger partial charge in [-0.05, 0) is 36.4 Å². The zero-order chi connectivity index (χ0) is 18.8. The van der Waals surface area contributed by atoms with Crippen LogP contribution in [0.25, 0.3) is 0 Å². The van der Waals surface area contributed by atoms with Gasteiger partial charge < -0.3 is 5.32 Å². The van der Waals surface area contributed by atoms with Gasteiger partial charge in [-0.25, -0.2) is 12.8 Å². The Balaban J connectivity index is 2.27. The van der Waals surface area contributed by atoms with Crippen LogP contribution in [-0.4, -0.2) is 27.1 Å². The van der Waals surface area contributed by atoms with Crippen LogP contribution >= 0.6 is 39.1 Å². The van der Waals surface area contributed by atoms with Crippen molar-refractivity contribution in [2.75, 3.05) is 22.4 Å². The average Bonchev–Trinajstić information content (AvgIpc) is 2.45. The normalized spacial score (nSPS) is 11.2. The average molecular weight is 470 g/mol. The molecular formula is C15H12BrCl2FN2O3S. The summed E-state index contributed by atoms with van der Waals surface area (Å²) in [5, 5.41) is 2.77. The van der Waals surface area contributed by atoms with Crippen molar-refractivity contribution in [2.24, 2.45) is 0 Å². The molecule has 0 aliphatic carbocycles. The third kappa shape index (κ3) is 5.57. The SMILES string of the molecule is CS(=O)(=O)N(CC(=O)Nc1ccc(Br)cc1F)c1cc(Cl)cc(Cl)c1. The van der Waals surface area contributed by atoms with E-state index in [1.54, 1.807) is 6.07 Å². The number of benzene rings is 2. The van der Waals surface area contributed by atoms with E-state index in [-0.39, 0.29) is 21.4 Å². The van der Waals surface area contributed by atoms with Crippen LogP contribution in [-0.2, 0) is 14.8 Å². The van der Waals surface area contributed by atoms with E-state index in [4.69, 9.17) is 23.2 Å². The summed E-state index contributed by atoms with van der Waals surface area (Å²) in [4.78, 5) is 12.2. The Hall–Kier alpha value is -1.35. The number of carbonyl (C=O) groups excluding carboxylic acids is 1. The molecule has 0 aliphatic rings. The van der Waals surface area contributed by atoms with Gasteiger partial charge in [0.2, 0.25) is 15.9 Å². The number of anilines is 2. The Bertz CT molecular complexity index is 905. The third-order valence-electron chi connectivity index (χ3n) is 3.03. The van der Waals surface area contributed by atoms with Crippen molar-refractivity contribution < 1.29 is 17.6 Å². The standard InChI is InChI=1S/C15H12BrCl2FN2O3S/c1-25(23,24)21(12-6-10(17)5-11(18)7-12)8-15(22)20-14-3-2-9(16)4-13(14)19/h2-7H,8H2,1H3,(H,20,22). The fourth-order valence-electron chi connectivity index (χ4n) is 1.99. The van der Waals surface area contributed by atoms with Gasteiger partial charge in [-0.2, -0.15) is 0 Å². The maximum Gasteiger partial charge on any atom is 0.245 e. The summed E-state index contributed by atoms with van der Waals surface area (Å²) in [6.07, 6.45) is 0.940. The van der Waals surface area contributed by atoms with E-state index in [1.165, 1.54) is 30.3 Å². The van der Waals surface area contributed by atoms with Gasteiger partial charge in [0.1, 0.15) is 12.4 Å². The summed E-state index contributed by atoms with van der Waals surface area (Å²) < 4.78 is 39.2. The van der Waals surface area contributed by atoms with Gasteiger partial charge in [-0.15, -0.1) is 0 Å². The lowest BCUT2D eigenvalue weighted by atomic mass is 10.3. The Morgan fingerprint density at radius 3 is 2.32 bits per heavy atom. The van der Waals surface area contributed by atoms with E-state index in [0.29, 0.717) is 4.47 Å². The highest BCUT2D eigenvalue weighted by Crippen LogP contribution is 2.27. The Morgan fingerprint density at radius 2 is 1.80 bits per heavy atom. The molecule has 5 nitrogen and oxygen atoms in total. The first-order valence-electron chi connectivity index (χ1n) is 6.75. The van der Waals surface area contributed by atoms with Crippen LogP contribution in [0.15, 0.2) is 40.9 Å². The highest BCUT2D eigenvalue weighted by atomic mass is 79.9. The van der Waals surface area contributed by atoms with Crippen molar-refractivity contribution in [3.8, 4) is 0 Å². The number of hydrogen-bond donors (Lipinski definition) is 1. The molecule has 0 radical (unpaired) electrons. The Morgan fingerprint density at radius 1 is 1.20 bits per heavy atom. The first-order chi connectivity index (χ1) is 11.6. The number of hydrogen-bond acceptors (Lipinski definition) is 3. The van der Waals surface area contributed by atoms with Gasteiger partial charge >= 0.3 is 0 Å². The molecule has 0 saturated carbocycles. The second kappa shape index (κ2) is 7.90. The lowest BCUT2D eigenvalue weighted by Crippen LogP contribution is -2.37. The van der Waals surface area contributed by atoms with E-state index in [9.17, 15) is 17.6 Å². The van der Waals surface area contributed by atoms with E-state index in [0.717, 1.165) is 10.6 Å². The number of amides is 1. The van der Waals surface area contributed by atoms with Gasteiger partial charge in [0.05, 0.1) is 17.6 Å². The molecule has 0 saturated heterocycles. The van der Waals surface area contributed by atoms with Crippen LogP contribution in [0.3, 0.4) is 0 Å². The van der Waals surface area contributed by atoms with Gasteiger partial charge in [0.15, 0.2) is 0 Å². The minimum absolute atomic E-state index is 0.0641. The zero-order valence-corrected chi connectivity index (χ0v) is 16.7. The molecule has 2 aromatic carbocycles. The summed E-state index contributed by atoms with van der Waals surface area (Å²) in [5.41, 5.74) is 0.0669. The Kier molecular flexibility index (Phi) is 6.31. The first kappa shape index (κ1) is 20.0. The van der Waals surface area contributed by atoms with E-state index < -0.39 is 28.3 Å². The smallest absolute Gasteiger partial charge is 0.245 e. The van der Waals surface area contributed by atoms with Gasteiger partial charge in [-0.3, -0.25) is 9.10 Å². The van der Waals surface area contributed by atoms with Crippen molar-refractivity contribution in [1.82, 2.24) is 0 Å². The molecule has 1 N–H and O–H groups in total. The molecule has 25 heavy (non-hydrogen) atoms. The van der Waals surface area contributed by atoms with Gasteiger partial charge in [0, 0.05) is 14.5 Å². The number of nitrogens with one attached hydrogen (secondary N) is 1. The molecule has 0 heterocycles. The number of rotatable bonds is 5. The molecule has 0 aliphatic heterocycles. The van der Waals surface area contributed by atoms with Crippen molar-refractivity contribution in [1.29, 1.82) is 0 Å². The van der Waals surface area contributed by atoms with Crippen LogP contribution in [0.2, 0.25) is 10.0 Å². The molecule has 10 heteroatoms. The minimum atomic E-state index is -3.80. The van der Waals surface area contributed by atoms with Crippen molar-refractivity contribution >= 4 is 66.4 Å². The van der Waals surface area contributed by atoms with Crippen LogP contribution in [0.1, 0.15) is 0 Å². The molecule has 0 aromatic heterocycles. The van der Waals surface area contributed by atoms with Gasteiger partial charge in [0.25, 0.3) is 0 Å². The number of carbonyl (C=O) groups is 1. The molecule has 0 fully saturated rings. The summed E-state index contributed by atoms with van der Waals surface area (Å²) in [7, 11) is -3.80. The highest BCUT2D eigenvalue weighted by molar-refractivity contribution is 9.10. The highest BCUT2D eigenvalue weighted by Gasteiger charge is 2.22. The van der Waals surface area contributed by atoms with E-state index in [2.05, 4.69) is 21.2 Å². The summed E-state index contributed by atoms with van der Waals surface area (Å²) in [6, 6.07) is 8.25. The largest absolute Gasteiger partial charge is 0.322 e. The van der Waals surface area contributed by atoms with E-state index >= 15 is 0 Å². The molecule has 0 unspecified atom stereocenters.